The van der Waals surface area contributed by atoms with E-state index in [1.807, 2.05) is 38.1 Å². The summed E-state index contributed by atoms with van der Waals surface area (Å²) in [5, 5.41) is -0.202. The number of carbonyl (C=O) groups is 1. The first-order valence-electron chi connectivity index (χ1n) is 5.39. The van der Waals surface area contributed by atoms with Crippen molar-refractivity contribution in [1.29, 1.82) is 0 Å². The van der Waals surface area contributed by atoms with Crippen LogP contribution >= 0.6 is 11.8 Å². The van der Waals surface area contributed by atoms with E-state index in [4.69, 9.17) is 10.6 Å². The highest BCUT2D eigenvalue weighted by Crippen LogP contribution is 2.30. The molecule has 3 N–H and O–H groups in total. The Morgan fingerprint density at radius 1 is 1.47 bits per heavy atom. The Bertz CT molecular complexity index is 383. The molecule has 0 heterocycles. The highest BCUT2D eigenvalue weighted by atomic mass is 32.2. The Balaban J connectivity index is 2.82. The fraction of sp³-hybridized carbons (Fsp3) is 0.417. The van der Waals surface area contributed by atoms with Crippen molar-refractivity contribution in [2.75, 3.05) is 7.11 Å². The minimum atomic E-state index is -0.202. The van der Waals surface area contributed by atoms with Gasteiger partial charge in [-0.05, 0) is 24.1 Å². The monoisotopic (exact) mass is 254 g/mol. The van der Waals surface area contributed by atoms with Gasteiger partial charge in [0, 0.05) is 4.90 Å². The van der Waals surface area contributed by atoms with E-state index in [2.05, 4.69) is 5.43 Å². The molecular weight excluding hydrogens is 236 g/mol. The summed E-state index contributed by atoms with van der Waals surface area (Å²) in [5.41, 5.74) is 2.20. The molecule has 0 aliphatic rings. The van der Waals surface area contributed by atoms with Crippen LogP contribution in [0.1, 0.15) is 13.8 Å². The smallest absolute Gasteiger partial charge is 0.247 e. The van der Waals surface area contributed by atoms with E-state index in [0.29, 0.717) is 0 Å². The van der Waals surface area contributed by atoms with Crippen molar-refractivity contribution in [2.45, 2.75) is 24.0 Å². The fourth-order valence-corrected chi connectivity index (χ4v) is 2.48. The van der Waals surface area contributed by atoms with Crippen LogP contribution in [0, 0.1) is 5.92 Å². The third-order valence-electron chi connectivity index (χ3n) is 2.31. The number of thioether (sulfide) groups is 1. The van der Waals surface area contributed by atoms with Gasteiger partial charge >= 0.3 is 0 Å². The quantitative estimate of drug-likeness (QED) is 0.364. The second-order valence-electron chi connectivity index (χ2n) is 3.97. The maximum Gasteiger partial charge on any atom is 0.247 e. The zero-order valence-corrected chi connectivity index (χ0v) is 11.1. The lowest BCUT2D eigenvalue weighted by Crippen LogP contribution is -2.39. The number of ether oxygens (including phenoxy) is 1. The van der Waals surface area contributed by atoms with Gasteiger partial charge in [-0.25, -0.2) is 5.84 Å². The predicted molar refractivity (Wildman–Crippen MR) is 69.8 cm³/mol. The first kappa shape index (κ1) is 13.9. The maximum atomic E-state index is 11.6. The second-order valence-corrected chi connectivity index (χ2v) is 5.19. The molecule has 0 aliphatic heterocycles. The third-order valence-corrected chi connectivity index (χ3v) is 3.85. The van der Waals surface area contributed by atoms with Crippen LogP contribution in [-0.4, -0.2) is 18.3 Å². The van der Waals surface area contributed by atoms with E-state index in [-0.39, 0.29) is 17.1 Å². The Morgan fingerprint density at radius 2 is 2.18 bits per heavy atom. The Labute approximate surface area is 106 Å². The summed E-state index contributed by atoms with van der Waals surface area (Å²) in [7, 11) is 1.62. The molecule has 94 valence electrons. The number of benzene rings is 1. The molecule has 1 aromatic carbocycles. The van der Waals surface area contributed by atoms with Crippen molar-refractivity contribution in [3.63, 3.8) is 0 Å². The van der Waals surface area contributed by atoms with Crippen molar-refractivity contribution >= 4 is 17.7 Å². The number of carbonyl (C=O) groups excluding carboxylic acids is 1. The summed E-state index contributed by atoms with van der Waals surface area (Å²) < 4.78 is 5.15. The van der Waals surface area contributed by atoms with Crippen molar-refractivity contribution in [3.8, 4) is 5.75 Å². The van der Waals surface area contributed by atoms with Gasteiger partial charge < -0.3 is 4.74 Å². The number of hydrogen-bond acceptors (Lipinski definition) is 4. The molecule has 0 bridgehead atoms. The van der Waals surface area contributed by atoms with E-state index in [9.17, 15) is 4.79 Å². The molecule has 4 nitrogen and oxygen atoms in total. The van der Waals surface area contributed by atoms with Gasteiger partial charge in [-0.1, -0.05) is 19.9 Å². The van der Waals surface area contributed by atoms with Gasteiger partial charge in [0.2, 0.25) is 5.91 Å². The molecule has 0 spiro atoms. The largest absolute Gasteiger partial charge is 0.497 e. The van der Waals surface area contributed by atoms with Gasteiger partial charge in [0.15, 0.2) is 0 Å². The number of hydrogen-bond donors (Lipinski definition) is 2. The summed E-state index contributed by atoms with van der Waals surface area (Å²) >= 11 is 1.49. The molecule has 1 rings (SSSR count). The Hall–Kier alpha value is -1.20. The molecule has 1 aromatic rings. The van der Waals surface area contributed by atoms with Gasteiger partial charge in [0.05, 0.1) is 12.4 Å². The summed E-state index contributed by atoms with van der Waals surface area (Å²) in [4.78, 5) is 12.6. The zero-order chi connectivity index (χ0) is 12.8. The molecule has 0 aromatic heterocycles. The average Bonchev–Trinajstić information content (AvgIpc) is 2.35. The van der Waals surface area contributed by atoms with Crippen LogP contribution in [0.5, 0.6) is 5.75 Å². The Morgan fingerprint density at radius 3 is 2.71 bits per heavy atom. The lowest BCUT2D eigenvalue weighted by Gasteiger charge is -2.18. The molecule has 5 heteroatoms. The van der Waals surface area contributed by atoms with Crippen LogP contribution in [0.2, 0.25) is 0 Å². The molecular formula is C12H18N2O2S. The van der Waals surface area contributed by atoms with E-state index >= 15 is 0 Å². The van der Waals surface area contributed by atoms with Crippen molar-refractivity contribution in [2.24, 2.45) is 11.8 Å². The van der Waals surface area contributed by atoms with Crippen LogP contribution in [0.25, 0.3) is 0 Å². The Kier molecular flexibility index (Phi) is 5.31. The summed E-state index contributed by atoms with van der Waals surface area (Å²) in [5.74, 6) is 6.01. The first-order valence-corrected chi connectivity index (χ1v) is 6.27. The molecule has 0 saturated heterocycles. The lowest BCUT2D eigenvalue weighted by atomic mass is 10.1. The van der Waals surface area contributed by atoms with Gasteiger partial charge in [0.25, 0.3) is 0 Å². The van der Waals surface area contributed by atoms with E-state index in [0.717, 1.165) is 10.6 Å². The summed E-state index contributed by atoms with van der Waals surface area (Å²) in [6.07, 6.45) is 0. The minimum absolute atomic E-state index is 0.159. The molecule has 1 atom stereocenters. The normalized spacial score (nSPS) is 12.3. The highest BCUT2D eigenvalue weighted by molar-refractivity contribution is 8.00. The fourth-order valence-electron chi connectivity index (χ4n) is 1.40. The van der Waals surface area contributed by atoms with Crippen molar-refractivity contribution in [3.05, 3.63) is 24.3 Å². The SMILES string of the molecule is COc1cccc(SC(C(=O)NN)C(C)C)c1. The predicted octanol–water partition coefficient (Wildman–Crippen LogP) is 1.80. The number of nitrogens with two attached hydrogens (primary N) is 1. The topological polar surface area (TPSA) is 64.3 Å². The van der Waals surface area contributed by atoms with Crippen LogP contribution < -0.4 is 16.0 Å². The van der Waals surface area contributed by atoms with Gasteiger partial charge in [-0.2, -0.15) is 0 Å². The molecule has 0 fully saturated rings. The molecule has 0 saturated carbocycles. The number of rotatable bonds is 5. The summed E-state index contributed by atoms with van der Waals surface area (Å²) in [6.45, 7) is 3.99. The number of methoxy groups -OCH3 is 1. The standard InChI is InChI=1S/C12H18N2O2S/c1-8(2)11(12(15)14-13)17-10-6-4-5-9(7-10)16-3/h4-8,11H,13H2,1-3H3,(H,14,15). The molecule has 1 amide bonds. The second kappa shape index (κ2) is 6.51. The zero-order valence-electron chi connectivity index (χ0n) is 10.3. The number of amides is 1. The minimum Gasteiger partial charge on any atom is -0.497 e. The third kappa shape index (κ3) is 3.94. The molecule has 0 aliphatic carbocycles. The van der Waals surface area contributed by atoms with Crippen molar-refractivity contribution < 1.29 is 9.53 Å². The maximum absolute atomic E-state index is 11.6. The van der Waals surface area contributed by atoms with Crippen LogP contribution in [0.3, 0.4) is 0 Å². The van der Waals surface area contributed by atoms with Gasteiger partial charge in [-0.3, -0.25) is 10.2 Å². The van der Waals surface area contributed by atoms with E-state index in [1.54, 1.807) is 7.11 Å². The molecule has 0 radical (unpaired) electrons. The van der Waals surface area contributed by atoms with E-state index < -0.39 is 0 Å². The first-order chi connectivity index (χ1) is 8.08. The molecule has 1 unspecified atom stereocenters. The molecule has 17 heavy (non-hydrogen) atoms. The number of nitrogens with one attached hydrogen (secondary N) is 1. The van der Waals surface area contributed by atoms with Crippen LogP contribution in [0.15, 0.2) is 29.2 Å². The lowest BCUT2D eigenvalue weighted by molar-refractivity contribution is -0.121. The van der Waals surface area contributed by atoms with E-state index in [1.165, 1.54) is 11.8 Å². The van der Waals surface area contributed by atoms with Crippen LogP contribution in [-0.2, 0) is 4.79 Å². The van der Waals surface area contributed by atoms with Gasteiger partial charge in [-0.15, -0.1) is 11.8 Å². The average molecular weight is 254 g/mol. The number of hydrazine groups is 1. The highest BCUT2D eigenvalue weighted by Gasteiger charge is 2.22. The van der Waals surface area contributed by atoms with Gasteiger partial charge in [0.1, 0.15) is 5.75 Å². The van der Waals surface area contributed by atoms with Crippen molar-refractivity contribution in [1.82, 2.24) is 5.43 Å². The summed E-state index contributed by atoms with van der Waals surface area (Å²) in [6, 6.07) is 7.63. The van der Waals surface area contributed by atoms with Crippen LogP contribution in [0.4, 0.5) is 0 Å².